The van der Waals surface area contributed by atoms with Crippen LogP contribution in [-0.4, -0.2) is 66.2 Å². The molecule has 9 nitrogen and oxygen atoms in total. The summed E-state index contributed by atoms with van der Waals surface area (Å²) in [7, 11) is 1.59. The van der Waals surface area contributed by atoms with E-state index in [1.807, 2.05) is 0 Å². The molecular weight excluding hydrogens is 442 g/mol. The number of nitrogens with zero attached hydrogens (tertiary/aromatic N) is 3. The minimum absolute atomic E-state index is 0.00121. The van der Waals surface area contributed by atoms with Gasteiger partial charge < -0.3 is 20.3 Å². The summed E-state index contributed by atoms with van der Waals surface area (Å²) in [5.41, 5.74) is 0.536. The molecule has 1 aliphatic rings. The minimum atomic E-state index is -0.447. The Morgan fingerprint density at radius 3 is 2.68 bits per heavy atom. The van der Waals surface area contributed by atoms with Crippen molar-refractivity contribution in [1.82, 2.24) is 20.4 Å². The van der Waals surface area contributed by atoms with E-state index in [9.17, 15) is 14.4 Å². The second-order valence-electron chi connectivity index (χ2n) is 7.16. The highest BCUT2D eigenvalue weighted by Gasteiger charge is 2.27. The summed E-state index contributed by atoms with van der Waals surface area (Å²) in [4.78, 5) is 38.7. The fourth-order valence-corrected chi connectivity index (χ4v) is 4.15. The molecule has 0 saturated carbocycles. The molecule has 31 heavy (non-hydrogen) atoms. The maximum atomic E-state index is 12.7. The lowest BCUT2D eigenvalue weighted by Gasteiger charge is -2.31. The molecule has 166 valence electrons. The third kappa shape index (κ3) is 6.71. The lowest BCUT2D eigenvalue weighted by atomic mass is 9.93. The number of anilines is 1. The molecular formula is C20H24ClN5O4S. The number of likely N-dealkylation sites (tertiary alicyclic amines) is 1. The number of nitrogens with one attached hydrogen (secondary N) is 2. The Kier molecular flexibility index (Phi) is 8.33. The van der Waals surface area contributed by atoms with Gasteiger partial charge in [0.15, 0.2) is 0 Å². The summed E-state index contributed by atoms with van der Waals surface area (Å²) in [5, 5.41) is 14.0. The molecule has 0 spiro atoms. The summed E-state index contributed by atoms with van der Waals surface area (Å²) in [5.74, 6) is -0.458. The first-order valence-electron chi connectivity index (χ1n) is 9.91. The van der Waals surface area contributed by atoms with Crippen LogP contribution in [0.3, 0.4) is 0 Å². The number of carbonyl (C=O) groups is 3. The van der Waals surface area contributed by atoms with Gasteiger partial charge in [-0.2, -0.15) is 0 Å². The van der Waals surface area contributed by atoms with E-state index in [0.717, 1.165) is 24.2 Å². The monoisotopic (exact) mass is 465 g/mol. The molecule has 1 aromatic heterocycles. The van der Waals surface area contributed by atoms with Crippen molar-refractivity contribution in [2.75, 3.05) is 38.7 Å². The van der Waals surface area contributed by atoms with E-state index in [1.54, 1.807) is 36.3 Å². The highest BCUT2D eigenvalue weighted by Crippen LogP contribution is 2.23. The van der Waals surface area contributed by atoms with E-state index in [1.165, 1.54) is 0 Å². The Morgan fingerprint density at radius 2 is 1.97 bits per heavy atom. The van der Waals surface area contributed by atoms with E-state index >= 15 is 0 Å². The standard InChI is InChI=1S/C20H24ClN5O4S/c1-30-10-7-22-16(27)11-13-5-8-26(9-6-13)20(29)19-25-24-18(31-19)17(28)23-15-4-2-3-14(21)12-15/h2-4,12-13H,5-11H2,1H3,(H,22,27)(H,23,28). The van der Waals surface area contributed by atoms with Crippen LogP contribution in [0.15, 0.2) is 24.3 Å². The largest absolute Gasteiger partial charge is 0.383 e. The second kappa shape index (κ2) is 11.2. The van der Waals surface area contributed by atoms with Gasteiger partial charge in [0.1, 0.15) is 0 Å². The molecule has 0 atom stereocenters. The quantitative estimate of drug-likeness (QED) is 0.579. The first-order chi connectivity index (χ1) is 15.0. The zero-order valence-corrected chi connectivity index (χ0v) is 18.7. The van der Waals surface area contributed by atoms with E-state index in [4.69, 9.17) is 16.3 Å². The van der Waals surface area contributed by atoms with E-state index in [-0.39, 0.29) is 27.7 Å². The fraction of sp³-hybridized carbons (Fsp3) is 0.450. The maximum absolute atomic E-state index is 12.7. The van der Waals surface area contributed by atoms with Crippen LogP contribution < -0.4 is 10.6 Å². The van der Waals surface area contributed by atoms with Crippen molar-refractivity contribution >= 4 is 46.3 Å². The Balaban J connectivity index is 1.48. The first-order valence-corrected chi connectivity index (χ1v) is 11.1. The van der Waals surface area contributed by atoms with Crippen molar-refractivity contribution in [2.45, 2.75) is 19.3 Å². The van der Waals surface area contributed by atoms with Crippen molar-refractivity contribution < 1.29 is 19.1 Å². The SMILES string of the molecule is COCCNC(=O)CC1CCN(C(=O)c2nnc(C(=O)Nc3cccc(Cl)c3)s2)CC1. The molecule has 3 rings (SSSR count). The van der Waals surface area contributed by atoms with Gasteiger partial charge in [0.05, 0.1) is 6.61 Å². The Morgan fingerprint density at radius 1 is 1.23 bits per heavy atom. The zero-order chi connectivity index (χ0) is 22.2. The molecule has 1 aliphatic heterocycles. The number of benzene rings is 1. The molecule has 11 heteroatoms. The van der Waals surface area contributed by atoms with Crippen LogP contribution in [0.4, 0.5) is 5.69 Å². The van der Waals surface area contributed by atoms with Crippen LogP contribution in [-0.2, 0) is 9.53 Å². The highest BCUT2D eigenvalue weighted by molar-refractivity contribution is 7.15. The third-order valence-corrected chi connectivity index (χ3v) is 6.03. The molecule has 2 heterocycles. The third-order valence-electron chi connectivity index (χ3n) is 4.89. The molecule has 0 bridgehead atoms. The number of amides is 3. The highest BCUT2D eigenvalue weighted by atomic mass is 35.5. The summed E-state index contributed by atoms with van der Waals surface area (Å²) < 4.78 is 4.92. The first kappa shape index (κ1) is 23.1. The fourth-order valence-electron chi connectivity index (χ4n) is 3.25. The Bertz CT molecular complexity index is 930. The van der Waals surface area contributed by atoms with Gasteiger partial charge in [0.2, 0.25) is 15.9 Å². The number of ether oxygens (including phenoxy) is 1. The lowest BCUT2D eigenvalue weighted by Crippen LogP contribution is -2.39. The Hall–Kier alpha value is -2.56. The lowest BCUT2D eigenvalue weighted by molar-refractivity contribution is -0.122. The van der Waals surface area contributed by atoms with Crippen molar-refractivity contribution in [3.63, 3.8) is 0 Å². The molecule has 1 fully saturated rings. The van der Waals surface area contributed by atoms with Crippen molar-refractivity contribution in [3.05, 3.63) is 39.3 Å². The average Bonchev–Trinajstić information content (AvgIpc) is 3.24. The number of carbonyl (C=O) groups excluding carboxylic acids is 3. The minimum Gasteiger partial charge on any atom is -0.383 e. The van der Waals surface area contributed by atoms with Crippen LogP contribution in [0.5, 0.6) is 0 Å². The van der Waals surface area contributed by atoms with Crippen LogP contribution in [0.25, 0.3) is 0 Å². The van der Waals surface area contributed by atoms with Gasteiger partial charge in [-0.25, -0.2) is 0 Å². The Labute approximate surface area is 189 Å². The van der Waals surface area contributed by atoms with Gasteiger partial charge in [0, 0.05) is 43.9 Å². The molecule has 0 unspecified atom stereocenters. The number of hydrogen-bond donors (Lipinski definition) is 2. The van der Waals surface area contributed by atoms with Crippen molar-refractivity contribution in [2.24, 2.45) is 5.92 Å². The smallest absolute Gasteiger partial charge is 0.286 e. The van der Waals surface area contributed by atoms with Gasteiger partial charge in [-0.05, 0) is 37.0 Å². The summed E-state index contributed by atoms with van der Waals surface area (Å²) in [6, 6.07) is 6.75. The number of methoxy groups -OCH3 is 1. The van der Waals surface area contributed by atoms with Gasteiger partial charge in [-0.3, -0.25) is 14.4 Å². The van der Waals surface area contributed by atoms with Crippen LogP contribution >= 0.6 is 22.9 Å². The molecule has 0 radical (unpaired) electrons. The van der Waals surface area contributed by atoms with Gasteiger partial charge >= 0.3 is 0 Å². The zero-order valence-electron chi connectivity index (χ0n) is 17.1. The van der Waals surface area contributed by atoms with E-state index in [2.05, 4.69) is 20.8 Å². The summed E-state index contributed by atoms with van der Waals surface area (Å²) >= 11 is 6.87. The van der Waals surface area contributed by atoms with E-state index < -0.39 is 5.91 Å². The molecule has 3 amide bonds. The van der Waals surface area contributed by atoms with Gasteiger partial charge in [-0.15, -0.1) is 10.2 Å². The molecule has 0 aliphatic carbocycles. The number of rotatable bonds is 8. The molecule has 1 saturated heterocycles. The van der Waals surface area contributed by atoms with Crippen LogP contribution in [0.1, 0.15) is 38.9 Å². The van der Waals surface area contributed by atoms with Gasteiger partial charge in [0.25, 0.3) is 11.8 Å². The molecule has 2 aromatic rings. The number of hydrogen-bond acceptors (Lipinski definition) is 7. The molecule has 1 aromatic carbocycles. The summed E-state index contributed by atoms with van der Waals surface area (Å²) in [6.07, 6.45) is 1.92. The topological polar surface area (TPSA) is 114 Å². The van der Waals surface area contributed by atoms with E-state index in [0.29, 0.717) is 43.4 Å². The predicted octanol–water partition coefficient (Wildman–Crippen LogP) is 2.45. The van der Waals surface area contributed by atoms with Crippen LogP contribution in [0.2, 0.25) is 5.02 Å². The summed E-state index contributed by atoms with van der Waals surface area (Å²) in [6.45, 7) is 2.06. The van der Waals surface area contributed by atoms with Crippen LogP contribution in [0, 0.1) is 5.92 Å². The number of halogens is 1. The number of aromatic nitrogens is 2. The second-order valence-corrected chi connectivity index (χ2v) is 8.57. The average molecular weight is 466 g/mol. The maximum Gasteiger partial charge on any atom is 0.286 e. The van der Waals surface area contributed by atoms with Gasteiger partial charge in [-0.1, -0.05) is 29.0 Å². The number of piperidine rings is 1. The normalized spacial score (nSPS) is 14.3. The molecule has 2 N–H and O–H groups in total. The van der Waals surface area contributed by atoms with Crippen molar-refractivity contribution in [3.8, 4) is 0 Å². The predicted molar refractivity (Wildman–Crippen MR) is 117 cm³/mol. The van der Waals surface area contributed by atoms with Crippen molar-refractivity contribution in [1.29, 1.82) is 0 Å².